The van der Waals surface area contributed by atoms with Gasteiger partial charge in [0.25, 0.3) is 11.6 Å². The van der Waals surface area contributed by atoms with Crippen molar-refractivity contribution < 1.29 is 24.4 Å². The lowest BCUT2D eigenvalue weighted by Gasteiger charge is -2.33. The number of piperazine rings is 1. The third kappa shape index (κ3) is 4.49. The predicted molar refractivity (Wildman–Crippen MR) is 110 cm³/mol. The minimum absolute atomic E-state index is 0.0680. The fraction of sp³-hybridized carbons (Fsp3) is 0.300. The van der Waals surface area contributed by atoms with Crippen molar-refractivity contribution in [2.24, 2.45) is 0 Å². The number of nitrogens with one attached hydrogen (secondary N) is 1. The first-order valence-electron chi connectivity index (χ1n) is 9.24. The smallest absolute Gasteiger partial charge is 0.337 e. The fourth-order valence-electron chi connectivity index (χ4n) is 3.20. The van der Waals surface area contributed by atoms with E-state index in [4.69, 9.17) is 0 Å². The molecule has 2 N–H and O–H groups in total. The van der Waals surface area contributed by atoms with Gasteiger partial charge in [-0.25, -0.2) is 4.79 Å². The van der Waals surface area contributed by atoms with Gasteiger partial charge in [-0.15, -0.1) is 0 Å². The molecule has 10 heteroatoms. The van der Waals surface area contributed by atoms with Crippen LogP contribution in [0.4, 0.5) is 17.1 Å². The SMILES string of the molecule is COC(=O)c1ccc(NC(=O)c2ccc(N3CCN(C)CC3)c([N+](=O)[O-])c2)c(O)c1. The highest BCUT2D eigenvalue weighted by molar-refractivity contribution is 6.06. The Morgan fingerprint density at radius 2 is 1.77 bits per heavy atom. The minimum Gasteiger partial charge on any atom is -0.506 e. The van der Waals surface area contributed by atoms with Gasteiger partial charge in [0.15, 0.2) is 0 Å². The number of methoxy groups -OCH3 is 1. The molecule has 0 atom stereocenters. The van der Waals surface area contributed by atoms with Crippen molar-refractivity contribution in [3.8, 4) is 5.75 Å². The van der Waals surface area contributed by atoms with Gasteiger partial charge in [0.05, 0.1) is 23.3 Å². The first-order valence-corrected chi connectivity index (χ1v) is 9.24. The number of hydrogen-bond donors (Lipinski definition) is 2. The molecule has 1 fully saturated rings. The summed E-state index contributed by atoms with van der Waals surface area (Å²) in [5.41, 5.74) is 0.585. The van der Waals surface area contributed by atoms with Crippen molar-refractivity contribution in [1.29, 1.82) is 0 Å². The molecule has 0 spiro atoms. The van der Waals surface area contributed by atoms with E-state index in [1.54, 1.807) is 6.07 Å². The second-order valence-electron chi connectivity index (χ2n) is 6.93. The molecule has 158 valence electrons. The Hall–Kier alpha value is -3.66. The predicted octanol–water partition coefficient (Wildman–Crippen LogP) is 2.09. The van der Waals surface area contributed by atoms with Crippen LogP contribution in [0.5, 0.6) is 5.75 Å². The summed E-state index contributed by atoms with van der Waals surface area (Å²) in [6, 6.07) is 8.21. The van der Waals surface area contributed by atoms with Crippen LogP contribution in [0.15, 0.2) is 36.4 Å². The lowest BCUT2D eigenvalue weighted by Crippen LogP contribution is -2.44. The number of amides is 1. The standard InChI is InChI=1S/C20H22N4O6/c1-22-7-9-23(10-8-22)16-6-4-13(11-17(16)24(28)29)19(26)21-15-5-3-14(12-18(15)25)20(27)30-2/h3-6,11-12,25H,7-10H2,1-2H3,(H,21,26). The summed E-state index contributed by atoms with van der Waals surface area (Å²) >= 11 is 0. The number of nitro benzene ring substituents is 1. The average molecular weight is 414 g/mol. The Balaban J connectivity index is 1.82. The van der Waals surface area contributed by atoms with E-state index in [0.717, 1.165) is 13.1 Å². The molecule has 0 bridgehead atoms. The zero-order valence-corrected chi connectivity index (χ0v) is 16.6. The molecule has 1 saturated heterocycles. The number of aromatic hydroxyl groups is 1. The number of hydrogen-bond acceptors (Lipinski definition) is 8. The van der Waals surface area contributed by atoms with Crippen molar-refractivity contribution in [2.45, 2.75) is 0 Å². The van der Waals surface area contributed by atoms with Crippen molar-refractivity contribution in [3.63, 3.8) is 0 Å². The third-order valence-corrected chi connectivity index (χ3v) is 4.95. The lowest BCUT2D eigenvalue weighted by atomic mass is 10.1. The molecule has 0 aromatic heterocycles. The molecule has 30 heavy (non-hydrogen) atoms. The number of esters is 1. The van der Waals surface area contributed by atoms with Crippen molar-refractivity contribution >= 4 is 28.9 Å². The van der Waals surface area contributed by atoms with Gasteiger partial charge in [-0.2, -0.15) is 0 Å². The summed E-state index contributed by atoms with van der Waals surface area (Å²) in [5.74, 6) is -1.57. The molecule has 0 radical (unpaired) electrons. The third-order valence-electron chi connectivity index (χ3n) is 4.95. The van der Waals surface area contributed by atoms with Gasteiger partial charge in [0.1, 0.15) is 11.4 Å². The molecule has 0 unspecified atom stereocenters. The largest absolute Gasteiger partial charge is 0.506 e. The molecule has 3 rings (SSSR count). The summed E-state index contributed by atoms with van der Waals surface area (Å²) in [4.78, 5) is 39.3. The van der Waals surface area contributed by atoms with E-state index in [2.05, 4.69) is 15.0 Å². The van der Waals surface area contributed by atoms with Crippen LogP contribution in [0, 0.1) is 10.1 Å². The average Bonchev–Trinajstić information content (AvgIpc) is 2.74. The molecular formula is C20H22N4O6. The lowest BCUT2D eigenvalue weighted by molar-refractivity contribution is -0.384. The van der Waals surface area contributed by atoms with Gasteiger partial charge in [-0.1, -0.05) is 0 Å². The molecule has 1 heterocycles. The molecule has 1 aliphatic rings. The Bertz CT molecular complexity index is 985. The fourth-order valence-corrected chi connectivity index (χ4v) is 3.20. The van der Waals surface area contributed by atoms with Crippen molar-refractivity contribution in [3.05, 3.63) is 57.6 Å². The minimum atomic E-state index is -0.627. The van der Waals surface area contributed by atoms with Crippen LogP contribution < -0.4 is 10.2 Å². The van der Waals surface area contributed by atoms with Gasteiger partial charge < -0.3 is 25.0 Å². The van der Waals surface area contributed by atoms with Gasteiger partial charge in [0, 0.05) is 37.8 Å². The van der Waals surface area contributed by atoms with Crippen LogP contribution in [-0.2, 0) is 4.74 Å². The number of likely N-dealkylation sites (N-methyl/N-ethyl adjacent to an activating group) is 1. The molecule has 0 aliphatic carbocycles. The first-order chi connectivity index (χ1) is 14.3. The van der Waals surface area contributed by atoms with Gasteiger partial charge >= 0.3 is 5.97 Å². The van der Waals surface area contributed by atoms with Crippen LogP contribution in [0.2, 0.25) is 0 Å². The summed E-state index contributed by atoms with van der Waals surface area (Å²) in [6.07, 6.45) is 0. The van der Waals surface area contributed by atoms with E-state index >= 15 is 0 Å². The maximum absolute atomic E-state index is 12.6. The monoisotopic (exact) mass is 414 g/mol. The van der Waals surface area contributed by atoms with E-state index in [1.165, 1.54) is 37.4 Å². The zero-order chi connectivity index (χ0) is 21.8. The van der Waals surface area contributed by atoms with Crippen LogP contribution in [0.3, 0.4) is 0 Å². The summed E-state index contributed by atoms with van der Waals surface area (Å²) < 4.78 is 4.58. The van der Waals surface area contributed by atoms with E-state index < -0.39 is 16.8 Å². The van der Waals surface area contributed by atoms with E-state index in [1.807, 2.05) is 11.9 Å². The number of benzene rings is 2. The number of carbonyl (C=O) groups excluding carboxylic acids is 2. The molecule has 10 nitrogen and oxygen atoms in total. The van der Waals surface area contributed by atoms with Crippen LogP contribution in [0.25, 0.3) is 0 Å². The molecule has 1 amide bonds. The second kappa shape index (κ2) is 8.78. The maximum Gasteiger partial charge on any atom is 0.337 e. The molecule has 2 aromatic carbocycles. The Morgan fingerprint density at radius 1 is 1.10 bits per heavy atom. The number of nitro groups is 1. The van der Waals surface area contributed by atoms with Crippen molar-refractivity contribution in [2.75, 3.05) is 50.6 Å². The van der Waals surface area contributed by atoms with E-state index in [0.29, 0.717) is 18.8 Å². The first kappa shape index (κ1) is 21.1. The highest BCUT2D eigenvalue weighted by atomic mass is 16.6. The Morgan fingerprint density at radius 3 is 2.37 bits per heavy atom. The number of nitrogens with zero attached hydrogens (tertiary/aromatic N) is 3. The second-order valence-corrected chi connectivity index (χ2v) is 6.93. The van der Waals surface area contributed by atoms with Gasteiger partial charge in [0.2, 0.25) is 0 Å². The van der Waals surface area contributed by atoms with Crippen LogP contribution in [-0.4, -0.2) is 67.1 Å². The summed E-state index contributed by atoms with van der Waals surface area (Å²) in [5, 5.41) is 24.2. The summed E-state index contributed by atoms with van der Waals surface area (Å²) in [7, 11) is 3.21. The van der Waals surface area contributed by atoms with Crippen LogP contribution in [0.1, 0.15) is 20.7 Å². The highest BCUT2D eigenvalue weighted by Crippen LogP contribution is 2.31. The van der Waals surface area contributed by atoms with E-state index in [9.17, 15) is 24.8 Å². The molecular weight excluding hydrogens is 392 g/mol. The number of phenols is 1. The normalized spacial score (nSPS) is 14.3. The molecule has 2 aromatic rings. The maximum atomic E-state index is 12.6. The van der Waals surface area contributed by atoms with Crippen LogP contribution >= 0.6 is 0 Å². The number of anilines is 2. The molecule has 1 aliphatic heterocycles. The highest BCUT2D eigenvalue weighted by Gasteiger charge is 2.24. The zero-order valence-electron chi connectivity index (χ0n) is 16.6. The van der Waals surface area contributed by atoms with Gasteiger partial charge in [-0.05, 0) is 37.4 Å². The van der Waals surface area contributed by atoms with Crippen molar-refractivity contribution in [1.82, 2.24) is 4.90 Å². The van der Waals surface area contributed by atoms with E-state index in [-0.39, 0.29) is 28.3 Å². The molecule has 0 saturated carbocycles. The van der Waals surface area contributed by atoms with Gasteiger partial charge in [-0.3, -0.25) is 14.9 Å². The Kier molecular flexibility index (Phi) is 6.17. The number of ether oxygens (including phenoxy) is 1. The Labute approximate surface area is 172 Å². The quantitative estimate of drug-likeness (QED) is 0.330. The summed E-state index contributed by atoms with van der Waals surface area (Å²) in [6.45, 7) is 2.90. The number of rotatable bonds is 5. The topological polar surface area (TPSA) is 125 Å². The number of carbonyl (C=O) groups is 2. The number of phenolic OH excluding ortho intramolecular Hbond substituents is 1.